The van der Waals surface area contributed by atoms with Crippen LogP contribution in [-0.2, 0) is 28.4 Å². The van der Waals surface area contributed by atoms with Gasteiger partial charge in [-0.15, -0.1) is 0 Å². The lowest BCUT2D eigenvalue weighted by molar-refractivity contribution is -0.138. The second kappa shape index (κ2) is 21.2. The largest absolute Gasteiger partial charge is 0.508 e. The molecule has 0 amide bonds. The third kappa shape index (κ3) is 12.1. The van der Waals surface area contributed by atoms with E-state index in [4.69, 9.17) is 33.2 Å². The van der Waals surface area contributed by atoms with Crippen molar-refractivity contribution in [2.45, 2.75) is 19.0 Å². The van der Waals surface area contributed by atoms with E-state index in [0.717, 1.165) is 17.7 Å². The van der Waals surface area contributed by atoms with Crippen LogP contribution in [0, 0.1) is 0 Å². The summed E-state index contributed by atoms with van der Waals surface area (Å²) in [4.78, 5) is 24.9. The zero-order valence-corrected chi connectivity index (χ0v) is 34.8. The van der Waals surface area contributed by atoms with Gasteiger partial charge in [0, 0.05) is 25.3 Å². The normalized spacial score (nSPS) is 11.3. The number of nitrogens with zero attached hydrogens (tertiary/aromatic N) is 6. The minimum atomic E-state index is -4.68. The summed E-state index contributed by atoms with van der Waals surface area (Å²) in [7, 11) is 5.33. The summed E-state index contributed by atoms with van der Waals surface area (Å²) in [5.41, 5.74) is -0.634. The van der Waals surface area contributed by atoms with Crippen LogP contribution in [0.2, 0.25) is 0 Å². The Balaban J connectivity index is 0.000000221. The maximum atomic E-state index is 13.9. The van der Waals surface area contributed by atoms with Gasteiger partial charge in [0.15, 0.2) is 36.9 Å². The number of phenols is 1. The van der Waals surface area contributed by atoms with Crippen molar-refractivity contribution in [2.75, 3.05) is 42.0 Å². The molecule has 2 aromatic heterocycles. The van der Waals surface area contributed by atoms with Gasteiger partial charge in [-0.3, -0.25) is 0 Å². The van der Waals surface area contributed by atoms with Gasteiger partial charge in [-0.25, -0.2) is 9.97 Å². The van der Waals surface area contributed by atoms with E-state index in [2.05, 4.69) is 29.9 Å². The van der Waals surface area contributed by atoms with Crippen molar-refractivity contribution < 1.29 is 64.6 Å². The number of alkyl halides is 6. The molecule has 0 aliphatic heterocycles. The van der Waals surface area contributed by atoms with Gasteiger partial charge in [0.25, 0.3) is 0 Å². The van der Waals surface area contributed by atoms with E-state index in [9.17, 15) is 31.4 Å². The Morgan fingerprint density at radius 1 is 0.462 bits per heavy atom. The Morgan fingerprint density at radius 3 is 1.31 bits per heavy atom. The van der Waals surface area contributed by atoms with Crippen molar-refractivity contribution in [1.82, 2.24) is 29.9 Å². The molecule has 0 aliphatic rings. The number of hydrogen-bond donors (Lipinski definition) is 1. The van der Waals surface area contributed by atoms with Crippen molar-refractivity contribution in [1.29, 1.82) is 0 Å². The SMILES string of the molecule is COCOc1cccc(C(F)(F)F)c1-c1nc(OC)nc(-c2ccc(O)cc2)n1.COCOc1cccc(C(F)(F)F)c1-c1nc(OC)nc(-c2ccc(OCc3ccccc3)cc2)n1. The molecule has 1 N–H and O–H groups in total. The van der Waals surface area contributed by atoms with Crippen molar-refractivity contribution in [3.8, 4) is 80.6 Å². The van der Waals surface area contributed by atoms with E-state index < -0.39 is 23.5 Å². The highest BCUT2D eigenvalue weighted by Crippen LogP contribution is 2.43. The average Bonchev–Trinajstić information content (AvgIpc) is 3.31. The summed E-state index contributed by atoms with van der Waals surface area (Å²) in [5, 5.41) is 9.45. The quantitative estimate of drug-likeness (QED) is 0.0764. The molecule has 20 heteroatoms. The summed E-state index contributed by atoms with van der Waals surface area (Å²) >= 11 is 0. The number of aromatic hydroxyl groups is 1. The molecule has 5 aromatic carbocycles. The van der Waals surface area contributed by atoms with Crippen LogP contribution in [0.1, 0.15) is 16.7 Å². The molecule has 0 atom stereocenters. The van der Waals surface area contributed by atoms with Crippen molar-refractivity contribution in [2.24, 2.45) is 0 Å². The predicted octanol–water partition coefficient (Wildman–Crippen LogP) is 9.72. The van der Waals surface area contributed by atoms with E-state index >= 15 is 0 Å². The number of benzene rings is 5. The molecule has 7 aromatic rings. The van der Waals surface area contributed by atoms with E-state index in [1.807, 2.05) is 30.3 Å². The smallest absolute Gasteiger partial charge is 0.417 e. The highest BCUT2D eigenvalue weighted by Gasteiger charge is 2.38. The van der Waals surface area contributed by atoms with Crippen molar-refractivity contribution in [3.05, 3.63) is 132 Å². The fourth-order valence-electron chi connectivity index (χ4n) is 5.91. The van der Waals surface area contributed by atoms with Crippen molar-refractivity contribution in [3.63, 3.8) is 0 Å². The first-order valence-electron chi connectivity index (χ1n) is 19.0. The van der Waals surface area contributed by atoms with Gasteiger partial charge in [0.1, 0.15) is 29.6 Å². The topological polar surface area (TPSA) is 162 Å². The van der Waals surface area contributed by atoms with Crippen LogP contribution in [0.15, 0.2) is 115 Å². The predicted molar refractivity (Wildman–Crippen MR) is 222 cm³/mol. The maximum Gasteiger partial charge on any atom is 0.417 e. The zero-order valence-electron chi connectivity index (χ0n) is 34.8. The van der Waals surface area contributed by atoms with Crippen LogP contribution in [0.25, 0.3) is 45.6 Å². The third-order valence-corrected chi connectivity index (χ3v) is 8.86. The van der Waals surface area contributed by atoms with Crippen LogP contribution in [0.4, 0.5) is 26.3 Å². The zero-order chi connectivity index (χ0) is 46.6. The highest BCUT2D eigenvalue weighted by atomic mass is 19.4. The Hall–Kier alpha value is -7.58. The van der Waals surface area contributed by atoms with Crippen LogP contribution in [0.3, 0.4) is 0 Å². The number of ether oxygens (including phenoxy) is 7. The van der Waals surface area contributed by atoms with E-state index in [1.54, 1.807) is 24.3 Å². The third-order valence-electron chi connectivity index (χ3n) is 8.86. The molecule has 0 saturated heterocycles. The lowest BCUT2D eigenvalue weighted by Crippen LogP contribution is -2.11. The Labute approximate surface area is 367 Å². The molecule has 65 heavy (non-hydrogen) atoms. The van der Waals surface area contributed by atoms with Gasteiger partial charge < -0.3 is 38.3 Å². The van der Waals surface area contributed by atoms with Gasteiger partial charge in [-0.2, -0.15) is 46.3 Å². The molecular formula is C45H38F6N6O8. The highest BCUT2D eigenvalue weighted by molar-refractivity contribution is 5.72. The molecule has 0 bridgehead atoms. The van der Waals surface area contributed by atoms with E-state index in [-0.39, 0.29) is 77.3 Å². The molecule has 0 radical (unpaired) electrons. The van der Waals surface area contributed by atoms with Gasteiger partial charge in [0.2, 0.25) is 0 Å². The van der Waals surface area contributed by atoms with Crippen LogP contribution < -0.4 is 23.7 Å². The first kappa shape index (κ1) is 46.9. The first-order valence-corrected chi connectivity index (χ1v) is 19.0. The fraction of sp³-hybridized carbons (Fsp3) is 0.200. The molecule has 0 fully saturated rings. The number of halogens is 6. The minimum absolute atomic E-state index is 0.0210. The molecule has 7 rings (SSSR count). The molecule has 2 heterocycles. The number of methoxy groups -OCH3 is 4. The lowest BCUT2D eigenvalue weighted by Gasteiger charge is -2.17. The van der Waals surface area contributed by atoms with Crippen LogP contribution in [0.5, 0.6) is 35.0 Å². The summed E-state index contributed by atoms with van der Waals surface area (Å²) in [6.07, 6.45) is -9.36. The summed E-state index contributed by atoms with van der Waals surface area (Å²) in [6, 6.07) is 29.1. The van der Waals surface area contributed by atoms with E-state index in [1.165, 1.54) is 77.0 Å². The minimum Gasteiger partial charge on any atom is -0.508 e. The molecule has 0 saturated carbocycles. The number of rotatable bonds is 15. The Bertz CT molecular complexity index is 2660. The van der Waals surface area contributed by atoms with Gasteiger partial charge in [-0.1, -0.05) is 42.5 Å². The number of phenolic OH excluding ortho intramolecular Hbond substituents is 1. The molecular weight excluding hydrogens is 867 g/mol. The fourth-order valence-corrected chi connectivity index (χ4v) is 5.91. The molecule has 0 aliphatic carbocycles. The summed E-state index contributed by atoms with van der Waals surface area (Å²) < 4.78 is 119. The maximum absolute atomic E-state index is 13.9. The second-order valence-corrected chi connectivity index (χ2v) is 13.2. The first-order chi connectivity index (χ1) is 31.2. The van der Waals surface area contributed by atoms with Crippen molar-refractivity contribution >= 4 is 0 Å². The summed E-state index contributed by atoms with van der Waals surface area (Å²) in [6.45, 7) is -0.127. The van der Waals surface area contributed by atoms with Crippen LogP contribution in [-0.4, -0.2) is 77.0 Å². The lowest BCUT2D eigenvalue weighted by atomic mass is 10.0. The molecule has 0 spiro atoms. The second-order valence-electron chi connectivity index (χ2n) is 13.2. The Morgan fingerprint density at radius 2 is 0.892 bits per heavy atom. The molecule has 0 unspecified atom stereocenters. The van der Waals surface area contributed by atoms with Crippen LogP contribution >= 0.6 is 0 Å². The van der Waals surface area contributed by atoms with Gasteiger partial charge >= 0.3 is 24.4 Å². The average molecular weight is 905 g/mol. The number of aromatic nitrogens is 6. The van der Waals surface area contributed by atoms with Gasteiger partial charge in [-0.05, 0) is 78.4 Å². The molecule has 14 nitrogen and oxygen atoms in total. The monoisotopic (exact) mass is 904 g/mol. The van der Waals surface area contributed by atoms with E-state index in [0.29, 0.717) is 23.5 Å². The molecule has 338 valence electrons. The number of hydrogen-bond acceptors (Lipinski definition) is 14. The summed E-state index contributed by atoms with van der Waals surface area (Å²) in [5.74, 6) is 0.109. The standard InChI is InChI=1S/C26H22F3N3O4.C19H16F3N3O4/c1-33-16-36-21-10-6-9-20(26(27,28)29)22(21)24-30-23(31-25(32-24)34-2)18-11-13-19(14-12-18)35-15-17-7-4-3-5-8-17;1-27-10-29-14-5-3-4-13(19(20,21)22)15(14)17-23-16(24-18(25-17)28-2)11-6-8-12(26)9-7-11/h3-14H,15-16H2,1-2H3;3-9,26H,10H2,1-2H3. The van der Waals surface area contributed by atoms with Gasteiger partial charge in [0.05, 0.1) is 36.5 Å². The Kier molecular flexibility index (Phi) is 15.3.